The van der Waals surface area contributed by atoms with Gasteiger partial charge in [0.15, 0.2) is 0 Å². The van der Waals surface area contributed by atoms with Crippen molar-refractivity contribution in [2.24, 2.45) is 0 Å². The van der Waals surface area contributed by atoms with E-state index in [0.29, 0.717) is 22.8 Å². The van der Waals surface area contributed by atoms with Gasteiger partial charge < -0.3 is 10.1 Å². The fourth-order valence-corrected chi connectivity index (χ4v) is 3.80. The summed E-state index contributed by atoms with van der Waals surface area (Å²) >= 11 is 0. The van der Waals surface area contributed by atoms with Gasteiger partial charge in [-0.25, -0.2) is 13.4 Å². The van der Waals surface area contributed by atoms with E-state index in [-0.39, 0.29) is 10.8 Å². The third-order valence-corrected chi connectivity index (χ3v) is 6.18. The summed E-state index contributed by atoms with van der Waals surface area (Å²) in [7, 11) is -0.693. The van der Waals surface area contributed by atoms with E-state index in [2.05, 4.69) is 10.3 Å². The molecule has 3 rings (SSSR count). The largest absolute Gasteiger partial charge is 0.481 e. The van der Waals surface area contributed by atoms with Gasteiger partial charge in [0.2, 0.25) is 5.88 Å². The zero-order valence-electron chi connectivity index (χ0n) is 16.3. The van der Waals surface area contributed by atoms with Gasteiger partial charge in [-0.1, -0.05) is 17.7 Å². The second-order valence-electron chi connectivity index (χ2n) is 6.38. The lowest BCUT2D eigenvalue weighted by Crippen LogP contribution is -2.26. The molecule has 2 aromatic carbocycles. The van der Waals surface area contributed by atoms with Crippen LogP contribution >= 0.6 is 0 Å². The van der Waals surface area contributed by atoms with Crippen LogP contribution in [0, 0.1) is 6.92 Å². The van der Waals surface area contributed by atoms with Gasteiger partial charge in [0.05, 0.1) is 29.6 Å². The van der Waals surface area contributed by atoms with Gasteiger partial charge in [-0.2, -0.15) is 0 Å². The van der Waals surface area contributed by atoms with E-state index in [9.17, 15) is 13.2 Å². The van der Waals surface area contributed by atoms with Crippen molar-refractivity contribution in [2.45, 2.75) is 11.8 Å². The lowest BCUT2D eigenvalue weighted by atomic mass is 10.2. The van der Waals surface area contributed by atoms with Crippen LogP contribution in [0.4, 0.5) is 11.4 Å². The molecule has 7 nitrogen and oxygen atoms in total. The van der Waals surface area contributed by atoms with Gasteiger partial charge >= 0.3 is 0 Å². The minimum atomic E-state index is -3.68. The zero-order chi connectivity index (χ0) is 21.0. The summed E-state index contributed by atoms with van der Waals surface area (Å²) < 4.78 is 31.7. The van der Waals surface area contributed by atoms with Crippen molar-refractivity contribution in [3.63, 3.8) is 0 Å². The number of sulfonamides is 1. The molecule has 0 saturated carbocycles. The molecule has 0 fully saturated rings. The molecule has 0 atom stereocenters. The van der Waals surface area contributed by atoms with Crippen molar-refractivity contribution in [1.29, 1.82) is 0 Å². The molecule has 3 aromatic rings. The molecule has 8 heteroatoms. The number of carbonyl (C=O) groups excluding carboxylic acids is 1. The van der Waals surface area contributed by atoms with Gasteiger partial charge in [-0.15, -0.1) is 0 Å². The van der Waals surface area contributed by atoms with Crippen molar-refractivity contribution in [3.05, 3.63) is 78.0 Å². The number of amides is 1. The van der Waals surface area contributed by atoms with E-state index >= 15 is 0 Å². The lowest BCUT2D eigenvalue weighted by Gasteiger charge is -2.20. The van der Waals surface area contributed by atoms with Crippen LogP contribution in [0.15, 0.2) is 71.8 Å². The summed E-state index contributed by atoms with van der Waals surface area (Å²) in [6.07, 6.45) is 1.49. The van der Waals surface area contributed by atoms with E-state index < -0.39 is 10.0 Å². The van der Waals surface area contributed by atoms with Crippen LogP contribution in [-0.2, 0) is 10.0 Å². The predicted octanol–water partition coefficient (Wildman–Crippen LogP) is 3.48. The Labute approximate surface area is 170 Å². The van der Waals surface area contributed by atoms with Gasteiger partial charge in [0.1, 0.15) is 0 Å². The number of nitrogens with one attached hydrogen (secondary N) is 1. The first kappa shape index (κ1) is 20.3. The van der Waals surface area contributed by atoms with E-state index in [1.165, 1.54) is 24.7 Å². The minimum Gasteiger partial charge on any atom is -0.481 e. The van der Waals surface area contributed by atoms with Crippen LogP contribution in [-0.4, -0.2) is 33.5 Å². The zero-order valence-corrected chi connectivity index (χ0v) is 17.1. The second-order valence-corrected chi connectivity index (χ2v) is 8.35. The Morgan fingerprint density at radius 3 is 2.21 bits per heavy atom. The van der Waals surface area contributed by atoms with Crippen LogP contribution in [0.2, 0.25) is 0 Å². The van der Waals surface area contributed by atoms with Crippen LogP contribution in [0.5, 0.6) is 5.88 Å². The summed E-state index contributed by atoms with van der Waals surface area (Å²) in [6, 6.07) is 16.3. The van der Waals surface area contributed by atoms with Gasteiger partial charge in [0.25, 0.3) is 15.9 Å². The normalized spacial score (nSPS) is 11.0. The number of aromatic nitrogens is 1. The number of carbonyl (C=O) groups is 1. The Hall–Kier alpha value is -3.39. The monoisotopic (exact) mass is 411 g/mol. The van der Waals surface area contributed by atoms with Crippen molar-refractivity contribution < 1.29 is 17.9 Å². The lowest BCUT2D eigenvalue weighted by molar-refractivity contribution is 0.102. The summed E-state index contributed by atoms with van der Waals surface area (Å²) in [4.78, 5) is 16.6. The number of aryl methyl sites for hydroxylation is 1. The number of rotatable bonds is 6. The Morgan fingerprint density at radius 2 is 1.66 bits per heavy atom. The third kappa shape index (κ3) is 4.55. The van der Waals surface area contributed by atoms with E-state index in [0.717, 1.165) is 5.56 Å². The molecule has 0 bridgehead atoms. The van der Waals surface area contributed by atoms with Gasteiger partial charge in [0, 0.05) is 18.7 Å². The van der Waals surface area contributed by atoms with Crippen molar-refractivity contribution in [2.75, 3.05) is 23.8 Å². The number of methoxy groups -OCH3 is 1. The first-order valence-electron chi connectivity index (χ1n) is 8.78. The number of hydrogen-bond acceptors (Lipinski definition) is 5. The van der Waals surface area contributed by atoms with Crippen molar-refractivity contribution in [3.8, 4) is 5.88 Å². The van der Waals surface area contributed by atoms with Crippen LogP contribution in [0.1, 0.15) is 15.9 Å². The molecule has 0 spiro atoms. The van der Waals surface area contributed by atoms with Gasteiger partial charge in [-0.05, 0) is 49.4 Å². The molecule has 1 N–H and O–H groups in total. The van der Waals surface area contributed by atoms with E-state index in [1.807, 2.05) is 6.92 Å². The highest BCUT2D eigenvalue weighted by molar-refractivity contribution is 7.92. The predicted molar refractivity (Wildman–Crippen MR) is 112 cm³/mol. The molecular weight excluding hydrogens is 390 g/mol. The van der Waals surface area contributed by atoms with E-state index in [1.54, 1.807) is 60.7 Å². The first-order chi connectivity index (χ1) is 13.8. The molecule has 0 unspecified atom stereocenters. The summed E-state index contributed by atoms with van der Waals surface area (Å²) in [5.41, 5.74) is 2.35. The molecule has 0 saturated heterocycles. The Morgan fingerprint density at radius 1 is 1.00 bits per heavy atom. The Bertz CT molecular complexity index is 1090. The smallest absolute Gasteiger partial charge is 0.264 e. The fraction of sp³-hybridized carbons (Fsp3) is 0.143. The number of benzene rings is 2. The number of nitrogens with zero attached hydrogens (tertiary/aromatic N) is 2. The highest BCUT2D eigenvalue weighted by Gasteiger charge is 2.21. The highest BCUT2D eigenvalue weighted by atomic mass is 32.2. The molecule has 0 aliphatic heterocycles. The van der Waals surface area contributed by atoms with Crippen molar-refractivity contribution in [1.82, 2.24) is 4.98 Å². The van der Waals surface area contributed by atoms with Gasteiger partial charge in [-0.3, -0.25) is 9.10 Å². The molecule has 1 aromatic heterocycles. The maximum atomic E-state index is 12.8. The summed E-state index contributed by atoms with van der Waals surface area (Å²) in [5, 5.41) is 2.73. The van der Waals surface area contributed by atoms with Crippen LogP contribution in [0.25, 0.3) is 0 Å². The quantitative estimate of drug-likeness (QED) is 0.671. The molecule has 0 aliphatic rings. The average Bonchev–Trinajstić information content (AvgIpc) is 2.74. The Balaban J connectivity index is 1.74. The molecule has 1 heterocycles. The summed E-state index contributed by atoms with van der Waals surface area (Å²) in [6.45, 7) is 1.89. The standard InChI is InChI=1S/C21H21N3O4S/c1-15-4-11-19(12-5-15)29(26,27)24(2)18-9-6-16(7-10-18)21(25)23-17-8-13-20(28-3)22-14-17/h4-14H,1-3H3,(H,23,25). The number of anilines is 2. The average molecular weight is 411 g/mol. The maximum Gasteiger partial charge on any atom is 0.264 e. The second kappa shape index (κ2) is 8.32. The van der Waals surface area contributed by atoms with Crippen molar-refractivity contribution >= 4 is 27.3 Å². The SMILES string of the molecule is COc1ccc(NC(=O)c2ccc(N(C)S(=O)(=O)c3ccc(C)cc3)cc2)cn1. The number of pyridine rings is 1. The molecular formula is C21H21N3O4S. The highest BCUT2D eigenvalue weighted by Crippen LogP contribution is 2.23. The fourth-order valence-electron chi connectivity index (χ4n) is 2.61. The minimum absolute atomic E-state index is 0.208. The number of ether oxygens (including phenoxy) is 1. The summed E-state index contributed by atoms with van der Waals surface area (Å²) in [5.74, 6) is 0.123. The Kier molecular flexibility index (Phi) is 5.84. The van der Waals surface area contributed by atoms with E-state index in [4.69, 9.17) is 4.74 Å². The molecule has 29 heavy (non-hydrogen) atoms. The first-order valence-corrected chi connectivity index (χ1v) is 10.2. The third-order valence-electron chi connectivity index (χ3n) is 4.38. The number of hydrogen-bond donors (Lipinski definition) is 1. The van der Waals surface area contributed by atoms with Crippen LogP contribution < -0.4 is 14.4 Å². The van der Waals surface area contributed by atoms with Crippen LogP contribution in [0.3, 0.4) is 0 Å². The topological polar surface area (TPSA) is 88.6 Å². The molecule has 0 aliphatic carbocycles. The maximum absolute atomic E-state index is 12.8. The molecule has 1 amide bonds. The molecule has 150 valence electrons. The molecule has 0 radical (unpaired) electrons.